The number of aromatic nitrogens is 2. The van der Waals surface area contributed by atoms with Gasteiger partial charge in [-0.25, -0.2) is 4.98 Å². The van der Waals surface area contributed by atoms with Crippen LogP contribution in [0.4, 0.5) is 0 Å². The summed E-state index contributed by atoms with van der Waals surface area (Å²) in [7, 11) is 1.70. The van der Waals surface area contributed by atoms with Gasteiger partial charge in [-0.05, 0) is 38.5 Å². The van der Waals surface area contributed by atoms with Crippen LogP contribution in [0.1, 0.15) is 41.9 Å². The van der Waals surface area contributed by atoms with Gasteiger partial charge in [-0.3, -0.25) is 9.59 Å². The topological polar surface area (TPSA) is 75.3 Å². The summed E-state index contributed by atoms with van der Waals surface area (Å²) < 4.78 is 5.07. The molecule has 0 aromatic carbocycles. The minimum absolute atomic E-state index is 0.137. The second-order valence-corrected chi connectivity index (χ2v) is 5.61. The molecule has 1 saturated heterocycles. The average molecular weight is 293 g/mol. The molecule has 0 spiro atoms. The molecule has 0 bridgehead atoms. The van der Waals surface area contributed by atoms with Gasteiger partial charge in [-0.15, -0.1) is 0 Å². The summed E-state index contributed by atoms with van der Waals surface area (Å²) in [6.07, 6.45) is 5.57. The predicted octanol–water partition coefficient (Wildman–Crippen LogP) is 1.36. The number of carbonyl (C=O) groups excluding carboxylic acids is 1. The predicted molar refractivity (Wildman–Crippen MR) is 79.3 cm³/mol. The molecule has 1 N–H and O–H groups in total. The molecule has 0 unspecified atom stereocenters. The summed E-state index contributed by atoms with van der Waals surface area (Å²) >= 11 is 0. The lowest BCUT2D eigenvalue weighted by molar-refractivity contribution is 0.0658. The first-order chi connectivity index (χ1) is 10.1. The number of aryl methyl sites for hydroxylation is 1. The number of hydrogen-bond donors (Lipinski definition) is 1. The molecule has 6 nitrogen and oxygen atoms in total. The minimum Gasteiger partial charge on any atom is -0.385 e. The maximum Gasteiger partial charge on any atom is 0.263 e. The van der Waals surface area contributed by atoms with Gasteiger partial charge in [0.25, 0.3) is 11.5 Å². The fraction of sp³-hybridized carbons (Fsp3) is 0.667. The van der Waals surface area contributed by atoms with E-state index in [0.29, 0.717) is 18.3 Å². The van der Waals surface area contributed by atoms with E-state index in [4.69, 9.17) is 4.74 Å². The lowest BCUT2D eigenvalue weighted by atomic mass is 9.93. The Hall–Kier alpha value is -1.69. The number of nitrogens with one attached hydrogen (secondary N) is 1. The molecule has 0 radical (unpaired) electrons. The third-order valence-electron chi connectivity index (χ3n) is 3.92. The van der Waals surface area contributed by atoms with Crippen molar-refractivity contribution in [1.82, 2.24) is 14.9 Å². The van der Waals surface area contributed by atoms with Crippen molar-refractivity contribution in [3.63, 3.8) is 0 Å². The number of aromatic amines is 1. The van der Waals surface area contributed by atoms with Crippen molar-refractivity contribution in [2.75, 3.05) is 26.8 Å². The summed E-state index contributed by atoms with van der Waals surface area (Å²) in [6.45, 7) is 3.89. The highest BCUT2D eigenvalue weighted by Gasteiger charge is 2.25. The molecule has 6 heteroatoms. The summed E-state index contributed by atoms with van der Waals surface area (Å²) in [5.74, 6) is 0.808. The van der Waals surface area contributed by atoms with Crippen molar-refractivity contribution < 1.29 is 9.53 Å². The standard InChI is InChI=1S/C15H23N3O3/c1-11-16-9-13(14(19)17-11)15(20)18-7-3-5-12(10-18)6-4-8-21-2/h9,12H,3-8,10H2,1-2H3,(H,16,17,19)/t12-/m1/s1. The van der Waals surface area contributed by atoms with Crippen molar-refractivity contribution in [2.45, 2.75) is 32.6 Å². The van der Waals surface area contributed by atoms with E-state index in [1.54, 1.807) is 18.9 Å². The number of nitrogens with zero attached hydrogens (tertiary/aromatic N) is 2. The van der Waals surface area contributed by atoms with E-state index in [1.807, 2.05) is 0 Å². The monoisotopic (exact) mass is 293 g/mol. The van der Waals surface area contributed by atoms with E-state index in [1.165, 1.54) is 6.20 Å². The van der Waals surface area contributed by atoms with Crippen LogP contribution in [0, 0.1) is 12.8 Å². The van der Waals surface area contributed by atoms with E-state index in [-0.39, 0.29) is 17.0 Å². The number of rotatable bonds is 5. The van der Waals surface area contributed by atoms with Gasteiger partial charge < -0.3 is 14.6 Å². The van der Waals surface area contributed by atoms with E-state index in [9.17, 15) is 9.59 Å². The molecular weight excluding hydrogens is 270 g/mol. The first-order valence-corrected chi connectivity index (χ1v) is 7.46. The number of amides is 1. The fourth-order valence-corrected chi connectivity index (χ4v) is 2.81. The second-order valence-electron chi connectivity index (χ2n) is 5.61. The van der Waals surface area contributed by atoms with E-state index >= 15 is 0 Å². The van der Waals surface area contributed by atoms with Crippen LogP contribution in [0.25, 0.3) is 0 Å². The maximum atomic E-state index is 12.4. The number of piperidine rings is 1. The minimum atomic E-state index is -0.353. The highest BCUT2D eigenvalue weighted by molar-refractivity contribution is 5.93. The zero-order valence-corrected chi connectivity index (χ0v) is 12.7. The zero-order chi connectivity index (χ0) is 15.2. The smallest absolute Gasteiger partial charge is 0.263 e. The maximum absolute atomic E-state index is 12.4. The lowest BCUT2D eigenvalue weighted by Gasteiger charge is -2.32. The molecule has 1 aromatic heterocycles. The van der Waals surface area contributed by atoms with Crippen molar-refractivity contribution in [3.8, 4) is 0 Å². The van der Waals surface area contributed by atoms with Crippen LogP contribution in [0.5, 0.6) is 0 Å². The van der Waals surface area contributed by atoms with Crippen molar-refractivity contribution >= 4 is 5.91 Å². The van der Waals surface area contributed by atoms with Crippen molar-refractivity contribution in [2.24, 2.45) is 5.92 Å². The Labute approximate surface area is 124 Å². The first kappa shape index (κ1) is 15.7. The molecular formula is C15H23N3O3. The first-order valence-electron chi connectivity index (χ1n) is 7.46. The number of H-pyrrole nitrogens is 1. The number of likely N-dealkylation sites (tertiary alicyclic amines) is 1. The fourth-order valence-electron chi connectivity index (χ4n) is 2.81. The van der Waals surface area contributed by atoms with Gasteiger partial charge in [0.05, 0.1) is 0 Å². The number of ether oxygens (including phenoxy) is 1. The molecule has 1 aromatic rings. The summed E-state index contributed by atoms with van der Waals surface area (Å²) in [6, 6.07) is 0. The van der Waals surface area contributed by atoms with Gasteiger partial charge in [0, 0.05) is 33.0 Å². The van der Waals surface area contributed by atoms with Gasteiger partial charge in [0.2, 0.25) is 0 Å². The molecule has 2 rings (SSSR count). The molecule has 1 atom stereocenters. The molecule has 0 saturated carbocycles. The van der Waals surface area contributed by atoms with Crippen LogP contribution in [-0.4, -0.2) is 47.6 Å². The summed E-state index contributed by atoms with van der Waals surface area (Å²) in [5.41, 5.74) is -0.216. The molecule has 0 aliphatic carbocycles. The molecule has 2 heterocycles. The van der Waals surface area contributed by atoms with Gasteiger partial charge in [0.15, 0.2) is 0 Å². The van der Waals surface area contributed by atoms with Crippen LogP contribution in [0.15, 0.2) is 11.0 Å². The zero-order valence-electron chi connectivity index (χ0n) is 12.7. The van der Waals surface area contributed by atoms with Crippen LogP contribution in [0.2, 0.25) is 0 Å². The Balaban J connectivity index is 2.00. The van der Waals surface area contributed by atoms with E-state index in [2.05, 4.69) is 9.97 Å². The molecule has 21 heavy (non-hydrogen) atoms. The molecule has 116 valence electrons. The van der Waals surface area contributed by atoms with Gasteiger partial charge in [0.1, 0.15) is 11.4 Å². The number of hydrogen-bond acceptors (Lipinski definition) is 4. The average Bonchev–Trinajstić information content (AvgIpc) is 2.47. The van der Waals surface area contributed by atoms with Gasteiger partial charge in [-0.1, -0.05) is 0 Å². The lowest BCUT2D eigenvalue weighted by Crippen LogP contribution is -2.42. The van der Waals surface area contributed by atoms with Gasteiger partial charge >= 0.3 is 0 Å². The largest absolute Gasteiger partial charge is 0.385 e. The SMILES string of the molecule is COCCC[C@H]1CCCN(C(=O)c2cnc(C)[nH]c2=O)C1. The highest BCUT2D eigenvalue weighted by atomic mass is 16.5. The van der Waals surface area contributed by atoms with Crippen LogP contribution >= 0.6 is 0 Å². The molecule has 1 aliphatic heterocycles. The third-order valence-corrected chi connectivity index (χ3v) is 3.92. The van der Waals surface area contributed by atoms with Gasteiger partial charge in [-0.2, -0.15) is 0 Å². The Morgan fingerprint density at radius 2 is 2.38 bits per heavy atom. The second kappa shape index (κ2) is 7.36. The van der Waals surface area contributed by atoms with Crippen molar-refractivity contribution in [1.29, 1.82) is 0 Å². The van der Waals surface area contributed by atoms with E-state index < -0.39 is 0 Å². The Kier molecular flexibility index (Phi) is 5.50. The van der Waals surface area contributed by atoms with Crippen molar-refractivity contribution in [3.05, 3.63) is 27.9 Å². The van der Waals surface area contributed by atoms with Crippen LogP contribution in [0.3, 0.4) is 0 Å². The Morgan fingerprint density at radius 1 is 1.57 bits per heavy atom. The van der Waals surface area contributed by atoms with Crippen LogP contribution in [-0.2, 0) is 4.74 Å². The highest BCUT2D eigenvalue weighted by Crippen LogP contribution is 2.21. The summed E-state index contributed by atoms with van der Waals surface area (Å²) in [4.78, 5) is 32.7. The molecule has 1 aliphatic rings. The Morgan fingerprint density at radius 3 is 3.10 bits per heavy atom. The Bertz CT molecular complexity index is 541. The molecule has 1 amide bonds. The molecule has 1 fully saturated rings. The van der Waals surface area contributed by atoms with Crippen LogP contribution < -0.4 is 5.56 Å². The quantitative estimate of drug-likeness (QED) is 0.832. The van der Waals surface area contributed by atoms with E-state index in [0.717, 1.165) is 38.8 Å². The summed E-state index contributed by atoms with van der Waals surface area (Å²) in [5, 5.41) is 0. The number of methoxy groups -OCH3 is 1. The number of carbonyl (C=O) groups is 1. The normalized spacial score (nSPS) is 18.8. The third kappa shape index (κ3) is 4.14.